The lowest BCUT2D eigenvalue weighted by molar-refractivity contribution is 0.0364. The van der Waals surface area contributed by atoms with Crippen LogP contribution >= 0.6 is 0 Å². The van der Waals surface area contributed by atoms with Gasteiger partial charge in [0, 0.05) is 51.2 Å². The Bertz CT molecular complexity index is 1130. The number of aromatic nitrogens is 5. The highest BCUT2D eigenvalue weighted by Crippen LogP contribution is 2.20. The highest BCUT2D eigenvalue weighted by Gasteiger charge is 2.22. The molecule has 1 saturated heterocycles. The number of fused-ring (bicyclic) bond motifs is 3. The Balaban J connectivity index is 1.89. The summed E-state index contributed by atoms with van der Waals surface area (Å²) in [4.78, 5) is 32.5. The second-order valence-corrected chi connectivity index (χ2v) is 7.09. The largest absolute Gasteiger partial charge is 0.379 e. The molecule has 4 heterocycles. The minimum atomic E-state index is -0.329. The monoisotopic (exact) mass is 374 g/mol. The van der Waals surface area contributed by atoms with Gasteiger partial charge in [0.05, 0.1) is 13.2 Å². The van der Waals surface area contributed by atoms with E-state index in [-0.39, 0.29) is 11.2 Å². The van der Waals surface area contributed by atoms with Crippen molar-refractivity contribution in [2.45, 2.75) is 33.9 Å². The van der Waals surface area contributed by atoms with E-state index < -0.39 is 0 Å². The molecule has 0 saturated carbocycles. The van der Waals surface area contributed by atoms with Gasteiger partial charge in [0.2, 0.25) is 5.78 Å². The Morgan fingerprint density at radius 1 is 1.04 bits per heavy atom. The molecule has 9 nitrogen and oxygen atoms in total. The molecule has 0 aromatic carbocycles. The Morgan fingerprint density at radius 2 is 1.74 bits per heavy atom. The van der Waals surface area contributed by atoms with Crippen LogP contribution in [0.25, 0.3) is 16.9 Å². The molecule has 0 spiro atoms. The zero-order valence-electron chi connectivity index (χ0n) is 16.4. The van der Waals surface area contributed by atoms with Crippen molar-refractivity contribution < 1.29 is 4.74 Å². The van der Waals surface area contributed by atoms with Crippen molar-refractivity contribution in [1.82, 2.24) is 28.0 Å². The number of ether oxygens (including phenoxy) is 1. The van der Waals surface area contributed by atoms with E-state index in [1.807, 2.05) is 11.3 Å². The first-order valence-corrected chi connectivity index (χ1v) is 9.43. The lowest BCUT2D eigenvalue weighted by Crippen LogP contribution is -2.38. The highest BCUT2D eigenvalue weighted by atomic mass is 16.5. The summed E-state index contributed by atoms with van der Waals surface area (Å²) in [5, 5.41) is 0. The van der Waals surface area contributed by atoms with Crippen LogP contribution in [0.3, 0.4) is 0 Å². The van der Waals surface area contributed by atoms with Gasteiger partial charge in [0.25, 0.3) is 5.56 Å². The first-order chi connectivity index (χ1) is 13.0. The van der Waals surface area contributed by atoms with Gasteiger partial charge in [-0.2, -0.15) is 4.98 Å². The molecule has 0 radical (unpaired) electrons. The summed E-state index contributed by atoms with van der Waals surface area (Å²) in [7, 11) is 1.67. The van der Waals surface area contributed by atoms with Crippen LogP contribution in [0.1, 0.15) is 18.3 Å². The van der Waals surface area contributed by atoms with Crippen LogP contribution in [0.15, 0.2) is 9.59 Å². The van der Waals surface area contributed by atoms with Gasteiger partial charge in [-0.15, -0.1) is 0 Å². The first kappa shape index (κ1) is 18.0. The fourth-order valence-electron chi connectivity index (χ4n) is 3.93. The summed E-state index contributed by atoms with van der Waals surface area (Å²) in [6.45, 7) is 11.3. The van der Waals surface area contributed by atoms with Crippen LogP contribution < -0.4 is 11.2 Å². The molecule has 1 aliphatic heterocycles. The van der Waals surface area contributed by atoms with Crippen molar-refractivity contribution >= 4 is 16.9 Å². The van der Waals surface area contributed by atoms with Gasteiger partial charge in [-0.1, -0.05) is 0 Å². The van der Waals surface area contributed by atoms with Crippen molar-refractivity contribution in [2.75, 3.05) is 32.8 Å². The van der Waals surface area contributed by atoms with E-state index in [1.54, 1.807) is 14.0 Å². The average molecular weight is 374 g/mol. The number of hydrogen-bond donors (Lipinski definition) is 0. The van der Waals surface area contributed by atoms with E-state index in [0.29, 0.717) is 23.5 Å². The molecule has 146 valence electrons. The van der Waals surface area contributed by atoms with Gasteiger partial charge >= 0.3 is 5.69 Å². The van der Waals surface area contributed by atoms with E-state index in [2.05, 4.69) is 21.4 Å². The van der Waals surface area contributed by atoms with Gasteiger partial charge < -0.3 is 9.30 Å². The molecule has 4 rings (SSSR count). The summed E-state index contributed by atoms with van der Waals surface area (Å²) in [5.74, 6) is 0.717. The van der Waals surface area contributed by atoms with E-state index >= 15 is 0 Å². The maximum absolute atomic E-state index is 12.9. The van der Waals surface area contributed by atoms with E-state index in [9.17, 15) is 9.59 Å². The molecule has 0 bridgehead atoms. The average Bonchev–Trinajstić information content (AvgIpc) is 3.17. The molecule has 1 aliphatic rings. The number of rotatable bonds is 4. The quantitative estimate of drug-likeness (QED) is 0.648. The Kier molecular flexibility index (Phi) is 4.43. The molecular formula is C18H26N6O3. The molecule has 9 heteroatoms. The molecule has 0 atom stereocenters. The summed E-state index contributed by atoms with van der Waals surface area (Å²) >= 11 is 0. The van der Waals surface area contributed by atoms with Gasteiger partial charge in [-0.25, -0.2) is 4.79 Å². The minimum Gasteiger partial charge on any atom is -0.379 e. The highest BCUT2D eigenvalue weighted by molar-refractivity contribution is 5.76. The van der Waals surface area contributed by atoms with Crippen molar-refractivity contribution in [3.63, 3.8) is 0 Å². The van der Waals surface area contributed by atoms with Crippen LogP contribution in [-0.4, -0.2) is 60.8 Å². The molecule has 0 unspecified atom stereocenters. The molecular weight excluding hydrogens is 348 g/mol. The Labute approximate surface area is 156 Å². The van der Waals surface area contributed by atoms with Crippen LogP contribution in [0.5, 0.6) is 0 Å². The molecule has 3 aromatic heterocycles. The van der Waals surface area contributed by atoms with Crippen LogP contribution in [0.4, 0.5) is 0 Å². The SMILES string of the molecule is CCn1c(=O)c2c(nc3n(CCN4CCOCC4)c(C)c(C)n23)n(C)c1=O. The number of imidazole rings is 2. The second-order valence-electron chi connectivity index (χ2n) is 7.09. The smallest absolute Gasteiger partial charge is 0.332 e. The molecule has 1 fully saturated rings. The molecule has 3 aromatic rings. The summed E-state index contributed by atoms with van der Waals surface area (Å²) in [6.07, 6.45) is 0. The predicted octanol–water partition coefficient (Wildman–Crippen LogP) is 0.118. The standard InChI is InChI=1S/C18H26N6O3/c1-5-22-16(25)14-15(20(4)18(22)26)19-17-23(12(2)13(3)24(14)17)7-6-21-8-10-27-11-9-21/h5-11H2,1-4H3. The van der Waals surface area contributed by atoms with E-state index in [4.69, 9.17) is 4.74 Å². The molecule has 0 aliphatic carbocycles. The number of nitrogens with zero attached hydrogens (tertiary/aromatic N) is 6. The summed E-state index contributed by atoms with van der Waals surface area (Å²) < 4.78 is 12.2. The zero-order chi connectivity index (χ0) is 19.3. The van der Waals surface area contributed by atoms with Gasteiger partial charge in [0.1, 0.15) is 0 Å². The van der Waals surface area contributed by atoms with Crippen LogP contribution in [-0.2, 0) is 24.9 Å². The van der Waals surface area contributed by atoms with Gasteiger partial charge in [-0.3, -0.25) is 23.2 Å². The van der Waals surface area contributed by atoms with Crippen LogP contribution in [0, 0.1) is 13.8 Å². The third-order valence-corrected chi connectivity index (χ3v) is 5.69. The molecule has 0 N–H and O–H groups in total. The summed E-state index contributed by atoms with van der Waals surface area (Å²) in [6, 6.07) is 0. The van der Waals surface area contributed by atoms with Crippen molar-refractivity contribution in [3.8, 4) is 0 Å². The Hall–Kier alpha value is -2.39. The number of morpholine rings is 1. The van der Waals surface area contributed by atoms with Crippen molar-refractivity contribution in [3.05, 3.63) is 32.2 Å². The van der Waals surface area contributed by atoms with E-state index in [0.717, 1.165) is 50.8 Å². The normalized spacial score (nSPS) is 16.0. The summed E-state index contributed by atoms with van der Waals surface area (Å²) in [5.41, 5.74) is 2.37. The van der Waals surface area contributed by atoms with E-state index in [1.165, 1.54) is 9.13 Å². The fraction of sp³-hybridized carbons (Fsp3) is 0.611. The zero-order valence-corrected chi connectivity index (χ0v) is 16.4. The maximum Gasteiger partial charge on any atom is 0.332 e. The molecule has 0 amide bonds. The lowest BCUT2D eigenvalue weighted by atomic mass is 10.3. The maximum atomic E-state index is 12.9. The first-order valence-electron chi connectivity index (χ1n) is 9.43. The van der Waals surface area contributed by atoms with Gasteiger partial charge in [0.15, 0.2) is 11.2 Å². The third kappa shape index (κ3) is 2.64. The van der Waals surface area contributed by atoms with Gasteiger partial charge in [-0.05, 0) is 20.8 Å². The minimum absolute atomic E-state index is 0.281. The Morgan fingerprint density at radius 3 is 2.41 bits per heavy atom. The topological polar surface area (TPSA) is 78.7 Å². The predicted molar refractivity (Wildman–Crippen MR) is 103 cm³/mol. The van der Waals surface area contributed by atoms with Crippen molar-refractivity contribution in [1.29, 1.82) is 0 Å². The van der Waals surface area contributed by atoms with Crippen LogP contribution in [0.2, 0.25) is 0 Å². The van der Waals surface area contributed by atoms with Crippen molar-refractivity contribution in [2.24, 2.45) is 7.05 Å². The fourth-order valence-corrected chi connectivity index (χ4v) is 3.93. The lowest BCUT2D eigenvalue weighted by Gasteiger charge is -2.26. The second kappa shape index (κ2) is 6.65. The number of aryl methyl sites for hydroxylation is 2. The molecule has 27 heavy (non-hydrogen) atoms. The third-order valence-electron chi connectivity index (χ3n) is 5.69. The number of hydrogen-bond acceptors (Lipinski definition) is 5.